The van der Waals surface area contributed by atoms with Crippen LogP contribution in [0.15, 0.2) is 206 Å². The van der Waals surface area contributed by atoms with E-state index in [4.69, 9.17) is 80.7 Å². The summed E-state index contributed by atoms with van der Waals surface area (Å²) < 4.78 is 142. The molecule has 4 heterocycles. The van der Waals surface area contributed by atoms with Crippen LogP contribution in [-0.4, -0.2) is 149 Å². The maximum absolute atomic E-state index is 13.7. The molecule has 7 aliphatic rings. The Bertz CT molecular complexity index is 5510. The number of phenols is 1. The first-order valence-electron chi connectivity index (χ1n) is 44.7. The SMILES string of the molecule is C=C1NOC[C@H]1N.CC(=O)c1ccc(N)cc1O.CC(N)C12CC3CC(CC(C3)C1)C2.CCCCCC/C(=N/OCCN)c1ccc(C(F)(F)F)cc1.CCCOCC1=C(C(=O)OCC)C(c2ccccc2Cl)C(C(=O)OC)=C(C)N1.CS(=O)(=O)c1ccc(CN)cc1.Cc1ccc(S(=O)(=O)c2ccc(N)cc2)cc1.Cc1nnc2n1CCN(C(=O)CC(N)Cc1cc(F)c(F)cc1F)C2. The number of carbonyl (C=O) groups is 4. The molecule has 1 aromatic heterocycles. The monoisotopic (exact) mass is 1940 g/mol. The molecule has 5 fully saturated rings. The minimum atomic E-state index is -4.33. The first-order chi connectivity index (χ1) is 63.9. The van der Waals surface area contributed by atoms with Crippen molar-refractivity contribution in [3.8, 4) is 5.75 Å². The molecule has 4 aliphatic carbocycles. The van der Waals surface area contributed by atoms with E-state index < -0.39 is 72.8 Å². The fourth-order valence-corrected chi connectivity index (χ4v) is 18.6. The predicted octanol–water partition coefficient (Wildman–Crippen LogP) is 15.4. The number of oxime groups is 1. The second-order valence-corrected chi connectivity index (χ2v) is 38.3. The number of ether oxygens (including phenoxy) is 3. The first kappa shape index (κ1) is 111. The molecule has 3 unspecified atom stereocenters. The number of dihydropyridines is 1. The fraction of sp³-hybridized carbons (Fsp3) is 0.439. The topological polar surface area (TPSA) is 455 Å². The normalized spacial score (nSPS) is 18.4. The number of unbranched alkanes of at least 4 members (excludes halogenated alkanes) is 3. The molecule has 17 N–H and O–H groups in total. The zero-order valence-electron chi connectivity index (χ0n) is 78.1. The summed E-state index contributed by atoms with van der Waals surface area (Å²) in [6.45, 7) is 22.6. The molecule has 135 heavy (non-hydrogen) atoms. The third kappa shape index (κ3) is 33.1. The van der Waals surface area contributed by atoms with Crippen LogP contribution in [0, 0.1) is 54.5 Å². The van der Waals surface area contributed by atoms with Gasteiger partial charge in [0.15, 0.2) is 33.1 Å². The number of fused-ring (bicyclic) bond motifs is 1. The van der Waals surface area contributed by atoms with E-state index in [0.717, 1.165) is 90.7 Å². The Morgan fingerprint density at radius 2 is 1.34 bits per heavy atom. The lowest BCUT2D eigenvalue weighted by Crippen LogP contribution is -2.53. The van der Waals surface area contributed by atoms with Crippen molar-refractivity contribution in [1.29, 1.82) is 0 Å². The van der Waals surface area contributed by atoms with Crippen LogP contribution in [0.4, 0.5) is 37.7 Å². The summed E-state index contributed by atoms with van der Waals surface area (Å²) >= 11 is 6.44. The number of nitrogens with two attached hydrogens (primary N) is 7. The molecule has 15 rings (SSSR count). The first-order valence-corrected chi connectivity index (χ1v) is 48.4. The van der Waals surface area contributed by atoms with Crippen LogP contribution in [0.1, 0.15) is 186 Å². The Hall–Kier alpha value is -11.1. The number of hydroxylamine groups is 1. The molecule has 37 heteroatoms. The molecule has 0 radical (unpaired) electrons. The highest BCUT2D eigenvalue weighted by atomic mass is 35.5. The van der Waals surface area contributed by atoms with Gasteiger partial charge in [-0.05, 0) is 236 Å². The van der Waals surface area contributed by atoms with Gasteiger partial charge in [0, 0.05) is 97.5 Å². The third-order valence-electron chi connectivity index (χ3n) is 23.3. The lowest BCUT2D eigenvalue weighted by atomic mass is 9.48. The molecular formula is C98H129ClF6N14O14S2. The number of nitrogens with zero attached hydrogens (tertiary/aromatic N) is 5. The van der Waals surface area contributed by atoms with Gasteiger partial charge < -0.3 is 79.1 Å². The van der Waals surface area contributed by atoms with Crippen molar-refractivity contribution in [2.75, 3.05) is 71.0 Å². The van der Waals surface area contributed by atoms with Gasteiger partial charge in [0.25, 0.3) is 0 Å². The molecule has 8 aromatic rings. The van der Waals surface area contributed by atoms with Gasteiger partial charge in [-0.25, -0.2) is 39.6 Å². The van der Waals surface area contributed by atoms with Gasteiger partial charge >= 0.3 is 18.1 Å². The summed E-state index contributed by atoms with van der Waals surface area (Å²) in [5, 5.41) is 24.8. The zero-order chi connectivity index (χ0) is 99.7. The Morgan fingerprint density at radius 1 is 0.741 bits per heavy atom. The van der Waals surface area contributed by atoms with Crippen LogP contribution < -0.4 is 50.9 Å². The van der Waals surface area contributed by atoms with Crippen molar-refractivity contribution >= 4 is 72.0 Å². The molecular weight excluding hydrogens is 1810 g/mol. The number of alkyl halides is 3. The van der Waals surface area contributed by atoms with E-state index in [1.54, 1.807) is 104 Å². The lowest BCUT2D eigenvalue weighted by Gasteiger charge is -2.58. The van der Waals surface area contributed by atoms with Crippen LogP contribution in [0.2, 0.25) is 5.02 Å². The molecule has 1 saturated heterocycles. The molecule has 4 atom stereocenters. The number of aryl methyl sites for hydroxylation is 2. The Labute approximate surface area is 792 Å². The number of nitrogens with one attached hydrogen (secondary N) is 2. The highest BCUT2D eigenvalue weighted by molar-refractivity contribution is 7.91. The van der Waals surface area contributed by atoms with Crippen LogP contribution in [0.3, 0.4) is 0 Å². The molecule has 1 amide bonds. The summed E-state index contributed by atoms with van der Waals surface area (Å²) in [6.07, 6.45) is 11.5. The van der Waals surface area contributed by atoms with Gasteiger partial charge in [-0.2, -0.15) is 13.2 Å². The number of hydrogen-bond acceptors (Lipinski definition) is 26. The number of rotatable bonds is 27. The van der Waals surface area contributed by atoms with E-state index in [9.17, 15) is 62.4 Å². The fourth-order valence-electron chi connectivity index (χ4n) is 16.5. The smallest absolute Gasteiger partial charge is 0.416 e. The van der Waals surface area contributed by atoms with Gasteiger partial charge in [-0.3, -0.25) is 19.9 Å². The number of hydrogen-bond donors (Lipinski definition) is 10. The third-order valence-corrected chi connectivity index (χ3v) is 26.6. The standard InChI is InChI=1S/C21H26ClNO5.C16H18F3N5O.C16H23F3N2O.C13H13NO2S.C12H21N.C8H11NO2S.C8H9NO2.C4H8N2O/c1-5-11-27-12-16-19(21(25)28-6-2)18(14-9-7-8-10-15(14)22)17(13(3)23-16)20(24)26-4;1-9-21-22-15-8-23(2-3-24(9)15)16(25)6-11(20)4-10-5-13(18)14(19)7-12(10)17;1-2-3-4-5-6-15(21-22-12-11-20)13-7-9-14(10-8-13)16(17,18)19;1-10-2-6-12(7-3-10)17(15,16)13-8-4-11(14)5-9-13;1-8(13)12-5-9-2-10(6-12)4-11(3-9)7-12;1-12(10,11)8-4-2-7(6-9)3-5-8;1-5(10)7-3-2-6(9)4-8(7)11;1-3-4(5)2-7-6-3/h7-10,18,23H,5-6,11-12H2,1-4H3;5,7,11H,2-4,6,8,20H2,1H3;7-10H,2-6,11-12,20H2,1H3;2-9H,14H2,1H3;8-11H,2-7,13H2,1H3;2-5H,6,9H2,1H3;2-4,11H,9H2,1H3;4,6H,1-2,5H2/b;;21-15-;;;;;/t;;;;;;;4-/m.......1/s1. The molecule has 0 spiro atoms. The molecule has 736 valence electrons. The molecule has 7 aromatic carbocycles. The number of aromatic hydroxyl groups is 1. The van der Waals surface area contributed by atoms with Crippen LogP contribution >= 0.6 is 11.6 Å². The van der Waals surface area contributed by atoms with Gasteiger partial charge in [0.2, 0.25) is 15.7 Å². The van der Waals surface area contributed by atoms with E-state index in [-0.39, 0.29) is 60.0 Å². The number of nitrogen functional groups attached to an aromatic ring is 2. The Kier molecular flexibility index (Phi) is 43.5. The van der Waals surface area contributed by atoms with Crippen LogP contribution in [0.25, 0.3) is 0 Å². The second kappa shape index (κ2) is 52.9. The number of benzene rings is 7. The number of phenolic OH excluding ortho intramolecular Hbond substituents is 1. The highest BCUT2D eigenvalue weighted by Crippen LogP contribution is 2.61. The largest absolute Gasteiger partial charge is 0.507 e. The minimum absolute atomic E-state index is 0.0139. The molecule has 4 saturated carbocycles. The molecule has 3 aliphatic heterocycles. The number of ketones is 1. The van der Waals surface area contributed by atoms with E-state index in [2.05, 4.69) is 46.6 Å². The average Bonchev–Trinajstić information content (AvgIpc) is 1.07. The summed E-state index contributed by atoms with van der Waals surface area (Å²) in [5.74, 6) is -0.794. The molecule has 28 nitrogen and oxygen atoms in total. The lowest BCUT2D eigenvalue weighted by molar-refractivity contribution is -0.139. The summed E-state index contributed by atoms with van der Waals surface area (Å²) in [7, 11) is -5.19. The van der Waals surface area contributed by atoms with Crippen molar-refractivity contribution in [2.45, 2.75) is 210 Å². The zero-order valence-corrected chi connectivity index (χ0v) is 80.5. The maximum atomic E-state index is 13.7. The maximum Gasteiger partial charge on any atom is 0.416 e. The van der Waals surface area contributed by atoms with E-state index in [0.29, 0.717) is 153 Å². The number of Topliss-reactive ketones (excluding diaryl/α,β-unsaturated/α-hetero) is 1. The number of carbonyl (C=O) groups excluding carboxylic acids is 4. The second-order valence-electron chi connectivity index (χ2n) is 33.9. The van der Waals surface area contributed by atoms with Crippen molar-refractivity contribution in [1.82, 2.24) is 30.5 Å². The molecule has 4 bridgehead atoms. The van der Waals surface area contributed by atoms with Gasteiger partial charge in [-0.15, -0.1) is 10.2 Å². The summed E-state index contributed by atoms with van der Waals surface area (Å²) in [4.78, 5) is 61.0. The number of methoxy groups -OCH3 is 1. The van der Waals surface area contributed by atoms with Crippen molar-refractivity contribution in [3.05, 3.63) is 260 Å². The van der Waals surface area contributed by atoms with Gasteiger partial charge in [0.1, 0.15) is 24.0 Å². The van der Waals surface area contributed by atoms with E-state index in [1.807, 2.05) is 31.4 Å². The van der Waals surface area contributed by atoms with Crippen molar-refractivity contribution in [2.24, 2.45) is 57.0 Å². The highest BCUT2D eigenvalue weighted by Gasteiger charge is 2.52. The van der Waals surface area contributed by atoms with Crippen molar-refractivity contribution in [3.63, 3.8) is 0 Å². The van der Waals surface area contributed by atoms with Gasteiger partial charge in [0.05, 0.1) is 93.8 Å². The number of sulfone groups is 2. The Balaban J connectivity index is 0.000000216. The summed E-state index contributed by atoms with van der Waals surface area (Å²) in [6, 6.07) is 37.1. The number of halogens is 7. The number of anilines is 2. The number of aromatic nitrogens is 3. The van der Waals surface area contributed by atoms with Crippen molar-refractivity contribution < 1.29 is 91.3 Å². The van der Waals surface area contributed by atoms with Crippen LogP contribution in [0.5, 0.6) is 5.75 Å². The average molecular weight is 1940 g/mol. The van der Waals surface area contributed by atoms with E-state index in [1.165, 1.54) is 95.2 Å². The van der Waals surface area contributed by atoms with Gasteiger partial charge in [-0.1, -0.05) is 117 Å². The number of esters is 2. The Morgan fingerprint density at radius 3 is 1.86 bits per heavy atom. The minimum Gasteiger partial charge on any atom is -0.507 e. The van der Waals surface area contributed by atoms with E-state index >= 15 is 0 Å². The van der Waals surface area contributed by atoms with Crippen LogP contribution in [-0.2, 0) is 90.2 Å². The number of amides is 1. The summed E-state index contributed by atoms with van der Waals surface area (Å²) in [5.41, 5.74) is 49.2. The quantitative estimate of drug-likeness (QED) is 0.00334. The predicted molar refractivity (Wildman–Crippen MR) is 509 cm³/mol. The number of allylic oxidation sites excluding steroid dienone is 1.